The molecule has 5 N–H and O–H groups in total. The van der Waals surface area contributed by atoms with Crippen molar-refractivity contribution in [3.63, 3.8) is 0 Å². The Hall–Kier alpha value is -7.64. The summed E-state index contributed by atoms with van der Waals surface area (Å²) in [6.45, 7) is 21.8. The Kier molecular flexibility index (Phi) is 22.7. The second-order valence-corrected chi connectivity index (χ2v) is 35.8. The molecule has 7 heterocycles. The highest BCUT2D eigenvalue weighted by Crippen LogP contribution is 2.40. The number of H-pyrrole nitrogens is 1. The van der Waals surface area contributed by atoms with E-state index in [9.17, 15) is 36.8 Å². The Morgan fingerprint density at radius 2 is 1.52 bits per heavy atom. The van der Waals surface area contributed by atoms with Gasteiger partial charge in [0.05, 0.1) is 46.0 Å². The van der Waals surface area contributed by atoms with E-state index in [1.54, 1.807) is 17.8 Å². The summed E-state index contributed by atoms with van der Waals surface area (Å²) < 4.78 is 91.1. The van der Waals surface area contributed by atoms with Crippen LogP contribution in [0.15, 0.2) is 84.6 Å². The van der Waals surface area contributed by atoms with Crippen molar-refractivity contribution in [2.24, 2.45) is 11.3 Å². The van der Waals surface area contributed by atoms with Crippen LogP contribution in [0.2, 0.25) is 18.1 Å². The minimum absolute atomic E-state index is 0.0153. The summed E-state index contributed by atoms with van der Waals surface area (Å²) in [4.78, 5) is 103. The second-order valence-electron chi connectivity index (χ2n) is 28.5. The van der Waals surface area contributed by atoms with Crippen molar-refractivity contribution < 1.29 is 69.4 Å². The molecule has 3 amide bonds. The fourth-order valence-corrected chi connectivity index (χ4v) is 16.2. The van der Waals surface area contributed by atoms with Crippen molar-refractivity contribution in [2.45, 2.75) is 123 Å². The largest absolute Gasteiger partial charge is 0.480 e. The summed E-state index contributed by atoms with van der Waals surface area (Å²) in [6, 6.07) is 15.8. The van der Waals surface area contributed by atoms with Gasteiger partial charge in [-0.05, 0) is 116 Å². The maximum absolute atomic E-state index is 15.9. The number of carbonyl (C=O) groups excluding carboxylic acids is 5. The number of likely N-dealkylation sites (tertiary alicyclic amines) is 2. The molecule has 0 spiro atoms. The van der Waals surface area contributed by atoms with Crippen molar-refractivity contribution in [1.29, 1.82) is 0 Å². The predicted molar refractivity (Wildman–Crippen MR) is 369 cm³/mol. The first-order valence-electron chi connectivity index (χ1n) is 33.1. The summed E-state index contributed by atoms with van der Waals surface area (Å²) in [5.74, 6) is -6.51. The van der Waals surface area contributed by atoms with E-state index in [0.717, 1.165) is 89.4 Å². The number of carboxylic acids is 1. The van der Waals surface area contributed by atoms with Gasteiger partial charge >= 0.3 is 22.1 Å². The molecule has 10 rings (SSSR count). The Bertz CT molecular complexity index is 4000. The van der Waals surface area contributed by atoms with Crippen LogP contribution in [0, 0.1) is 29.9 Å². The van der Waals surface area contributed by atoms with Gasteiger partial charge in [0.1, 0.15) is 49.5 Å². The Morgan fingerprint density at radius 1 is 0.827 bits per heavy atom. The molecule has 3 aromatic heterocycles. The number of hydrogen-bond acceptors (Lipinski definition) is 17. The number of carboxylic acid groups (broad SMARTS) is 1. The number of piperazine rings is 1. The van der Waals surface area contributed by atoms with Crippen LogP contribution in [0.5, 0.6) is 0 Å². The number of fused-ring (bicyclic) bond motifs is 1. The van der Waals surface area contributed by atoms with E-state index in [-0.39, 0.29) is 55.6 Å². The van der Waals surface area contributed by atoms with E-state index >= 15 is 13.6 Å². The third-order valence-corrected chi connectivity index (χ3v) is 26.3. The lowest BCUT2D eigenvalue weighted by atomic mass is 9.85. The Labute approximate surface area is 574 Å². The van der Waals surface area contributed by atoms with Crippen molar-refractivity contribution in [3.8, 4) is 21.6 Å². The first kappa shape index (κ1) is 73.1. The maximum Gasteiger partial charge on any atom is 0.332 e. The molecule has 98 heavy (non-hydrogen) atoms. The van der Waals surface area contributed by atoms with Crippen LogP contribution in [-0.2, 0) is 48.1 Å². The number of piperidine rings is 1. The molecule has 23 nitrogen and oxygen atoms in total. The normalized spacial score (nSPS) is 19.4. The molecule has 0 radical (unpaired) electrons. The molecule has 0 saturated carbocycles. The number of nitrogens with one attached hydrogen (secondary N) is 4. The first-order chi connectivity index (χ1) is 46.3. The molecule has 3 aromatic carbocycles. The van der Waals surface area contributed by atoms with Gasteiger partial charge in [0.15, 0.2) is 14.1 Å². The Morgan fingerprint density at radius 3 is 2.15 bits per heavy atom. The van der Waals surface area contributed by atoms with Gasteiger partial charge in [-0.2, -0.15) is 12.7 Å². The van der Waals surface area contributed by atoms with Crippen LogP contribution in [-0.4, -0.2) is 207 Å². The number of nitrogens with zero attached hydrogens (tertiary/aromatic N) is 7. The number of halogens is 3. The number of esters is 1. The van der Waals surface area contributed by atoms with Gasteiger partial charge in [0, 0.05) is 93.4 Å². The lowest BCUT2D eigenvalue weighted by molar-refractivity contribution is -0.154. The van der Waals surface area contributed by atoms with Crippen LogP contribution >= 0.6 is 11.3 Å². The first-order valence-corrected chi connectivity index (χ1v) is 38.3. The minimum Gasteiger partial charge on any atom is -0.480 e. The van der Waals surface area contributed by atoms with E-state index in [0.29, 0.717) is 41.2 Å². The lowest BCUT2D eigenvalue weighted by Gasteiger charge is -2.40. The molecule has 4 aliphatic heterocycles. The van der Waals surface area contributed by atoms with Gasteiger partial charge in [0.2, 0.25) is 23.5 Å². The number of ketones is 1. The number of aryl methyl sites for hydroxylation is 1. The summed E-state index contributed by atoms with van der Waals surface area (Å²) in [5, 5.41) is 15.3. The van der Waals surface area contributed by atoms with Gasteiger partial charge in [-0.15, -0.1) is 11.3 Å². The summed E-state index contributed by atoms with van der Waals surface area (Å²) in [6.07, 6.45) is 3.00. The molecule has 4 aliphatic rings. The van der Waals surface area contributed by atoms with E-state index in [4.69, 9.17) is 19.0 Å². The zero-order valence-corrected chi connectivity index (χ0v) is 59.4. The quantitative estimate of drug-likeness (QED) is 0.0203. The lowest BCUT2D eigenvalue weighted by Crippen LogP contribution is -2.59. The number of benzene rings is 3. The molecule has 0 bridgehead atoms. The van der Waals surface area contributed by atoms with Crippen LogP contribution in [0.25, 0.3) is 32.6 Å². The fraction of sp³-hybridized carbons (Fsp3) is 0.507. The number of alkyl halides is 1. The van der Waals surface area contributed by atoms with Crippen molar-refractivity contribution in [1.82, 2.24) is 44.6 Å². The van der Waals surface area contributed by atoms with Gasteiger partial charge in [0.25, 0.3) is 0 Å². The summed E-state index contributed by atoms with van der Waals surface area (Å²) >= 11 is 1.49. The van der Waals surface area contributed by atoms with Crippen LogP contribution in [0.1, 0.15) is 100 Å². The molecular formula is C69H88F3N11O12S2Si. The fourth-order valence-electron chi connectivity index (χ4n) is 12.7. The number of rotatable bonds is 25. The number of thiazole rings is 1. The third kappa shape index (κ3) is 17.5. The smallest absolute Gasteiger partial charge is 0.332 e. The van der Waals surface area contributed by atoms with Gasteiger partial charge in [-0.1, -0.05) is 77.9 Å². The van der Waals surface area contributed by atoms with Crippen LogP contribution in [0.3, 0.4) is 0 Å². The number of hydrogen-bond donors (Lipinski definition) is 5. The standard InChI is InChI=1S/C69H88F3N11O12S2Si/c1-42-63(96-41-75-42)46-12-10-45(11-13-46)55(38-94-59(87)40-93-39-58(85)86)76-66(89)56-31-50(95-98(8,9)69(5,6)7)36-83(56)67(90)64(68(2,3)4)77-57(84)37-79-23-20-43(21-24-79)34-80-26-28-81(29-27-80)49-16-14-44(15-17-49)47-30-51-52(33-74-65(51)73-32-47)62(88)60-53(71)18-19-54(61(60)72)78-97(91,92)82-25-22-48(70)35-82/h10-19,30,32-33,41,43,48,50,55-56,64,78H,20-29,31,34-40H2,1-9H3,(H,73,74)(H,76,89)(H,77,84)(H,85,86)/t48-,50?,55+,56+,64-/m1/s1. The number of amides is 3. The topological polar surface area (TPSA) is 278 Å². The molecule has 4 saturated heterocycles. The minimum atomic E-state index is -4.39. The molecule has 5 atom stereocenters. The molecule has 0 aliphatic carbocycles. The predicted octanol–water partition coefficient (Wildman–Crippen LogP) is 8.73. The number of carbonyl (C=O) groups is 6. The van der Waals surface area contributed by atoms with Crippen LogP contribution < -0.4 is 20.3 Å². The van der Waals surface area contributed by atoms with Gasteiger partial charge in [-0.3, -0.25) is 33.7 Å². The van der Waals surface area contributed by atoms with Crippen LogP contribution in [0.4, 0.5) is 24.5 Å². The highest BCUT2D eigenvalue weighted by molar-refractivity contribution is 7.90. The molecule has 29 heteroatoms. The summed E-state index contributed by atoms with van der Waals surface area (Å²) in [7, 11) is -6.83. The van der Waals surface area contributed by atoms with E-state index in [2.05, 4.69) is 74.2 Å². The molecule has 528 valence electrons. The van der Waals surface area contributed by atoms with Gasteiger partial charge in [-0.25, -0.2) is 32.7 Å². The number of anilines is 2. The average molecular weight is 1410 g/mol. The van der Waals surface area contributed by atoms with Crippen molar-refractivity contribution in [2.75, 3.05) is 101 Å². The highest BCUT2D eigenvalue weighted by Gasteiger charge is 2.49. The number of aromatic amines is 1. The summed E-state index contributed by atoms with van der Waals surface area (Å²) in [5.41, 5.74) is 4.43. The molecule has 1 unspecified atom stereocenters. The van der Waals surface area contributed by atoms with E-state index < -0.39 is 127 Å². The molecule has 4 fully saturated rings. The third-order valence-electron chi connectivity index (χ3n) is 19.3. The number of pyridine rings is 1. The SMILES string of the molecule is Cc1ncsc1-c1ccc([C@H](COC(=O)COCC(=O)O)NC(=O)[C@@H]2CC(O[Si](C)(C)C(C)(C)C)CN2C(=O)[C@@H](NC(=O)CN2CCC(CN3CCN(c4ccc(-c5cnc6[nH]cc(C(=O)c7c(F)ccc(NS(=O)(=O)N8CC[C@@H](F)C8)c7F)c6c5)cc4)CC3)CC2)C(C)(C)C)cc1. The average Bonchev–Trinajstić information content (AvgIpc) is 1.53. The van der Waals surface area contributed by atoms with Crippen molar-refractivity contribution >= 4 is 87.7 Å². The number of ether oxygens (including phenoxy) is 2. The molecule has 6 aromatic rings. The number of aromatic nitrogens is 3. The molecular weight excluding hydrogens is 1320 g/mol. The van der Waals surface area contributed by atoms with E-state index in [1.165, 1.54) is 22.4 Å². The zero-order chi connectivity index (χ0) is 70.6. The van der Waals surface area contributed by atoms with E-state index in [1.807, 2.05) is 80.9 Å². The Balaban J connectivity index is 0.727. The van der Waals surface area contributed by atoms with Crippen molar-refractivity contribution in [3.05, 3.63) is 119 Å². The monoisotopic (exact) mass is 1410 g/mol. The second kappa shape index (κ2) is 30.5. The number of aliphatic carboxylic acids is 1. The highest BCUT2D eigenvalue weighted by atomic mass is 32.2. The van der Waals surface area contributed by atoms with Gasteiger partial charge < -0.3 is 44.4 Å². The maximum atomic E-state index is 15.9. The zero-order valence-electron chi connectivity index (χ0n) is 56.8.